The summed E-state index contributed by atoms with van der Waals surface area (Å²) in [5, 5.41) is 3.10. The molecule has 0 unspecified atom stereocenters. The fraction of sp³-hybridized carbons (Fsp3) is 0.167. The molecule has 1 atom stereocenters. The quantitative estimate of drug-likeness (QED) is 0.338. The predicted octanol–water partition coefficient (Wildman–Crippen LogP) is 5.71. The summed E-state index contributed by atoms with van der Waals surface area (Å²) in [5.74, 6) is -0.397. The second-order valence-corrected chi connectivity index (χ2v) is 10.7. The molecule has 36 heavy (non-hydrogen) atoms. The third-order valence-corrected chi connectivity index (χ3v) is 7.99. The molecule has 0 aliphatic carbocycles. The second kappa shape index (κ2) is 10.8. The van der Waals surface area contributed by atoms with E-state index in [1.54, 1.807) is 36.4 Å². The number of anilines is 1. The van der Waals surface area contributed by atoms with Crippen molar-refractivity contribution in [2.24, 2.45) is 0 Å². The lowest BCUT2D eigenvalue weighted by atomic mass is 9.95. The molecule has 0 spiro atoms. The molecule has 0 saturated heterocycles. The Morgan fingerprint density at radius 2 is 1.33 bits per heavy atom. The molecule has 5 nitrogen and oxygen atoms in total. The van der Waals surface area contributed by atoms with Crippen LogP contribution in [0.15, 0.2) is 108 Å². The van der Waals surface area contributed by atoms with E-state index in [0.717, 1.165) is 27.8 Å². The van der Waals surface area contributed by atoms with Crippen molar-refractivity contribution < 1.29 is 13.2 Å². The van der Waals surface area contributed by atoms with Gasteiger partial charge < -0.3 is 5.32 Å². The van der Waals surface area contributed by atoms with Crippen molar-refractivity contribution >= 4 is 21.6 Å². The normalized spacial score (nSPS) is 12.1. The van der Waals surface area contributed by atoms with Crippen LogP contribution < -0.4 is 9.62 Å². The zero-order chi connectivity index (χ0) is 25.7. The summed E-state index contributed by atoms with van der Waals surface area (Å²) >= 11 is 0. The summed E-state index contributed by atoms with van der Waals surface area (Å²) in [6, 6.07) is 31.0. The molecular formula is C30H30N2O3S. The first kappa shape index (κ1) is 25.2. The van der Waals surface area contributed by atoms with Gasteiger partial charge in [0.1, 0.15) is 6.54 Å². The summed E-state index contributed by atoms with van der Waals surface area (Å²) in [4.78, 5) is 13.7. The topological polar surface area (TPSA) is 66.5 Å². The lowest BCUT2D eigenvalue weighted by molar-refractivity contribution is -0.120. The molecule has 4 aromatic carbocycles. The van der Waals surface area contributed by atoms with Gasteiger partial charge in [-0.05, 0) is 61.2 Å². The molecule has 4 aromatic rings. The van der Waals surface area contributed by atoms with Crippen LogP contribution in [-0.4, -0.2) is 20.9 Å². The van der Waals surface area contributed by atoms with Crippen LogP contribution in [0.4, 0.5) is 5.69 Å². The molecule has 0 aliphatic rings. The van der Waals surface area contributed by atoms with Crippen LogP contribution >= 0.6 is 0 Å². The third kappa shape index (κ3) is 5.50. The average Bonchev–Trinajstić information content (AvgIpc) is 2.88. The lowest BCUT2D eigenvalue weighted by Gasteiger charge is -2.27. The number of rotatable bonds is 8. The van der Waals surface area contributed by atoms with Gasteiger partial charge in [-0.25, -0.2) is 8.42 Å². The maximum absolute atomic E-state index is 13.8. The largest absolute Gasteiger partial charge is 0.344 e. The lowest BCUT2D eigenvalue weighted by Crippen LogP contribution is -2.42. The van der Waals surface area contributed by atoms with Crippen molar-refractivity contribution in [1.29, 1.82) is 0 Å². The minimum atomic E-state index is -3.99. The number of aryl methyl sites for hydroxylation is 3. The standard InChI is InChI=1S/C30H30N2O3S/c1-22-17-19-26(20-18-22)36(34,35)32(28-16-10-8-12-24(28)3)21-29(33)31-30(25-13-5-4-6-14-25)27-15-9-7-11-23(27)2/h4-20,30H,21H2,1-3H3,(H,31,33)/t30-/m0/s1. The van der Waals surface area contributed by atoms with Crippen LogP contribution in [0.1, 0.15) is 33.9 Å². The van der Waals surface area contributed by atoms with Gasteiger partial charge in [-0.15, -0.1) is 0 Å². The number of nitrogens with zero attached hydrogens (tertiary/aromatic N) is 1. The molecule has 4 rings (SSSR count). The summed E-state index contributed by atoms with van der Waals surface area (Å²) in [6.45, 7) is 5.39. The van der Waals surface area contributed by atoms with Crippen molar-refractivity contribution in [2.45, 2.75) is 31.7 Å². The Balaban J connectivity index is 1.71. The summed E-state index contributed by atoms with van der Waals surface area (Å²) in [5.41, 5.74) is 5.11. The van der Waals surface area contributed by atoms with Gasteiger partial charge in [0.15, 0.2) is 0 Å². The number of carbonyl (C=O) groups is 1. The van der Waals surface area contributed by atoms with Crippen LogP contribution in [0.5, 0.6) is 0 Å². The molecule has 6 heteroatoms. The Morgan fingerprint density at radius 1 is 0.750 bits per heavy atom. The van der Waals surface area contributed by atoms with Crippen LogP contribution in [0.2, 0.25) is 0 Å². The van der Waals surface area contributed by atoms with Crippen molar-refractivity contribution in [3.63, 3.8) is 0 Å². The van der Waals surface area contributed by atoms with Gasteiger partial charge in [-0.3, -0.25) is 9.10 Å². The number of hydrogen-bond donors (Lipinski definition) is 1. The molecule has 0 fully saturated rings. The fourth-order valence-electron chi connectivity index (χ4n) is 4.21. The highest BCUT2D eigenvalue weighted by molar-refractivity contribution is 7.92. The van der Waals surface area contributed by atoms with Crippen LogP contribution in [0.3, 0.4) is 0 Å². The van der Waals surface area contributed by atoms with Crippen molar-refractivity contribution in [1.82, 2.24) is 5.32 Å². The zero-order valence-electron chi connectivity index (χ0n) is 20.7. The maximum Gasteiger partial charge on any atom is 0.264 e. The highest BCUT2D eigenvalue weighted by Gasteiger charge is 2.29. The summed E-state index contributed by atoms with van der Waals surface area (Å²) in [6.07, 6.45) is 0. The molecule has 1 N–H and O–H groups in total. The Hall–Kier alpha value is -3.90. The molecule has 0 bridgehead atoms. The van der Waals surface area contributed by atoms with Crippen LogP contribution in [-0.2, 0) is 14.8 Å². The highest BCUT2D eigenvalue weighted by Crippen LogP contribution is 2.28. The number of benzene rings is 4. The molecule has 0 aliphatic heterocycles. The second-order valence-electron chi connectivity index (χ2n) is 8.88. The highest BCUT2D eigenvalue weighted by atomic mass is 32.2. The van der Waals surface area contributed by atoms with E-state index >= 15 is 0 Å². The first-order valence-electron chi connectivity index (χ1n) is 11.8. The zero-order valence-corrected chi connectivity index (χ0v) is 21.5. The summed E-state index contributed by atoms with van der Waals surface area (Å²) < 4.78 is 28.7. The van der Waals surface area contributed by atoms with Crippen molar-refractivity contribution in [3.05, 3.63) is 131 Å². The number of sulfonamides is 1. The van der Waals surface area contributed by atoms with Crippen LogP contribution in [0.25, 0.3) is 0 Å². The molecule has 0 aromatic heterocycles. The van der Waals surface area contributed by atoms with Gasteiger partial charge in [0.25, 0.3) is 10.0 Å². The first-order chi connectivity index (χ1) is 17.3. The smallest absolute Gasteiger partial charge is 0.264 e. The van der Waals surface area contributed by atoms with Gasteiger partial charge >= 0.3 is 0 Å². The van der Waals surface area contributed by atoms with Gasteiger partial charge in [-0.2, -0.15) is 0 Å². The Morgan fingerprint density at radius 3 is 1.97 bits per heavy atom. The number of para-hydroxylation sites is 1. The Bertz CT molecular complexity index is 1450. The van der Waals surface area contributed by atoms with E-state index in [9.17, 15) is 13.2 Å². The number of amides is 1. The maximum atomic E-state index is 13.8. The van der Waals surface area contributed by atoms with E-state index in [-0.39, 0.29) is 11.4 Å². The van der Waals surface area contributed by atoms with Crippen molar-refractivity contribution in [3.8, 4) is 0 Å². The molecule has 0 radical (unpaired) electrons. The van der Waals surface area contributed by atoms with Gasteiger partial charge in [-0.1, -0.05) is 90.5 Å². The van der Waals surface area contributed by atoms with E-state index in [4.69, 9.17) is 0 Å². The minimum absolute atomic E-state index is 0.141. The minimum Gasteiger partial charge on any atom is -0.344 e. The first-order valence-corrected chi connectivity index (χ1v) is 13.3. The molecule has 0 heterocycles. The molecular weight excluding hydrogens is 468 g/mol. The Labute approximate surface area is 213 Å². The van der Waals surface area contributed by atoms with E-state index < -0.39 is 22.0 Å². The van der Waals surface area contributed by atoms with E-state index in [2.05, 4.69) is 5.32 Å². The number of nitrogens with one attached hydrogen (secondary N) is 1. The van der Waals surface area contributed by atoms with E-state index in [1.807, 2.05) is 87.5 Å². The monoisotopic (exact) mass is 498 g/mol. The molecule has 184 valence electrons. The molecule has 0 saturated carbocycles. The van der Waals surface area contributed by atoms with Crippen molar-refractivity contribution in [2.75, 3.05) is 10.8 Å². The van der Waals surface area contributed by atoms with Gasteiger partial charge in [0, 0.05) is 0 Å². The third-order valence-electron chi connectivity index (χ3n) is 6.22. The van der Waals surface area contributed by atoms with E-state index in [1.165, 1.54) is 4.31 Å². The Kier molecular flexibility index (Phi) is 7.55. The van der Waals surface area contributed by atoms with E-state index in [0.29, 0.717) is 5.69 Å². The molecule has 1 amide bonds. The predicted molar refractivity (Wildman–Crippen MR) is 144 cm³/mol. The van der Waals surface area contributed by atoms with Gasteiger partial charge in [0.05, 0.1) is 16.6 Å². The van der Waals surface area contributed by atoms with Crippen LogP contribution in [0, 0.1) is 20.8 Å². The fourth-order valence-corrected chi connectivity index (χ4v) is 5.70. The van der Waals surface area contributed by atoms with Gasteiger partial charge in [0.2, 0.25) is 5.91 Å². The average molecular weight is 499 g/mol. The summed E-state index contributed by atoms with van der Waals surface area (Å²) in [7, 11) is -3.99. The SMILES string of the molecule is Cc1ccc(S(=O)(=O)N(CC(=O)N[C@@H](c2ccccc2)c2ccccc2C)c2ccccc2C)cc1. The number of carbonyl (C=O) groups excluding carboxylic acids is 1. The number of hydrogen-bond acceptors (Lipinski definition) is 3.